The lowest BCUT2D eigenvalue weighted by Gasteiger charge is -2.22. The van der Waals surface area contributed by atoms with Crippen molar-refractivity contribution < 1.29 is 13.9 Å². The first-order chi connectivity index (χ1) is 9.76. The largest absolute Gasteiger partial charge is 0.493 e. The van der Waals surface area contributed by atoms with Gasteiger partial charge in [-0.15, -0.1) is 0 Å². The van der Waals surface area contributed by atoms with E-state index < -0.39 is 0 Å². The molecule has 0 radical (unpaired) electrons. The molecule has 3 rings (SSSR count). The van der Waals surface area contributed by atoms with Crippen molar-refractivity contribution in [2.45, 2.75) is 25.4 Å². The Bertz CT molecular complexity index is 611. The van der Waals surface area contributed by atoms with Gasteiger partial charge >= 0.3 is 0 Å². The Kier molecular flexibility index (Phi) is 3.60. The summed E-state index contributed by atoms with van der Waals surface area (Å²) in [5, 5.41) is 7.31. The van der Waals surface area contributed by atoms with Gasteiger partial charge in [0.1, 0.15) is 5.76 Å². The molecule has 1 atom stereocenters. The number of hydrogen-bond acceptors (Lipinski definition) is 4. The predicted molar refractivity (Wildman–Crippen MR) is 75.6 cm³/mol. The number of amides is 1. The maximum Gasteiger partial charge on any atom is 0.220 e. The molecule has 5 nitrogen and oxygen atoms in total. The van der Waals surface area contributed by atoms with Crippen LogP contribution in [0.1, 0.15) is 18.6 Å². The maximum absolute atomic E-state index is 11.1. The van der Waals surface area contributed by atoms with Gasteiger partial charge < -0.3 is 19.8 Å². The molecular formula is C15H18N2O3. The number of fused-ring (bicyclic) bond motifs is 1. The smallest absolute Gasteiger partial charge is 0.220 e. The summed E-state index contributed by atoms with van der Waals surface area (Å²) in [6.07, 6.45) is 1.46. The highest BCUT2D eigenvalue weighted by molar-refractivity contribution is 5.83. The van der Waals surface area contributed by atoms with Crippen molar-refractivity contribution in [2.75, 3.05) is 13.7 Å². The molecule has 1 unspecified atom stereocenters. The fourth-order valence-electron chi connectivity index (χ4n) is 2.49. The number of furan rings is 1. The summed E-state index contributed by atoms with van der Waals surface area (Å²) >= 11 is 0. The number of rotatable bonds is 4. The van der Waals surface area contributed by atoms with E-state index in [1.165, 1.54) is 0 Å². The van der Waals surface area contributed by atoms with Gasteiger partial charge in [0.15, 0.2) is 11.3 Å². The maximum atomic E-state index is 11.1. The van der Waals surface area contributed by atoms with E-state index >= 15 is 0 Å². The topological polar surface area (TPSA) is 63.5 Å². The Hall–Kier alpha value is -2.01. The molecule has 1 amide bonds. The number of benzene rings is 1. The molecule has 1 aromatic heterocycles. The third-order valence-electron chi connectivity index (χ3n) is 3.61. The number of carbonyl (C=O) groups excluding carboxylic acids is 1. The Morgan fingerprint density at radius 1 is 1.50 bits per heavy atom. The molecule has 20 heavy (non-hydrogen) atoms. The normalized spacial score (nSPS) is 19.1. The molecule has 0 saturated carbocycles. The molecule has 5 heteroatoms. The van der Waals surface area contributed by atoms with Crippen LogP contribution in [-0.2, 0) is 11.3 Å². The highest BCUT2D eigenvalue weighted by Gasteiger charge is 2.18. The Balaban J connectivity index is 1.67. The zero-order valence-corrected chi connectivity index (χ0v) is 11.4. The molecule has 0 bridgehead atoms. The molecule has 1 saturated heterocycles. The van der Waals surface area contributed by atoms with E-state index in [0.29, 0.717) is 25.6 Å². The third kappa shape index (κ3) is 2.63. The average Bonchev–Trinajstić information content (AvgIpc) is 2.89. The fourth-order valence-corrected chi connectivity index (χ4v) is 2.49. The van der Waals surface area contributed by atoms with Crippen molar-refractivity contribution in [2.24, 2.45) is 0 Å². The number of carbonyl (C=O) groups is 1. The summed E-state index contributed by atoms with van der Waals surface area (Å²) in [5.74, 6) is 1.76. The quantitative estimate of drug-likeness (QED) is 0.892. The van der Waals surface area contributed by atoms with Gasteiger partial charge in [0.05, 0.1) is 13.7 Å². The van der Waals surface area contributed by atoms with E-state index in [1.807, 2.05) is 24.3 Å². The number of piperidine rings is 1. The summed E-state index contributed by atoms with van der Waals surface area (Å²) in [5.41, 5.74) is 0.781. The van der Waals surface area contributed by atoms with Crippen molar-refractivity contribution in [3.05, 3.63) is 30.0 Å². The van der Waals surface area contributed by atoms with Crippen LogP contribution in [0.15, 0.2) is 28.7 Å². The van der Waals surface area contributed by atoms with E-state index in [4.69, 9.17) is 9.15 Å². The van der Waals surface area contributed by atoms with Crippen molar-refractivity contribution in [3.8, 4) is 5.75 Å². The first kappa shape index (κ1) is 13.0. The molecule has 2 N–H and O–H groups in total. The molecule has 0 aliphatic carbocycles. The van der Waals surface area contributed by atoms with Crippen LogP contribution in [0, 0.1) is 0 Å². The summed E-state index contributed by atoms with van der Waals surface area (Å²) < 4.78 is 11.1. The van der Waals surface area contributed by atoms with E-state index in [-0.39, 0.29) is 5.91 Å². The summed E-state index contributed by atoms with van der Waals surface area (Å²) in [6, 6.07) is 8.17. The molecule has 106 valence electrons. The first-order valence-corrected chi connectivity index (χ1v) is 6.82. The Labute approximate surface area is 117 Å². The number of hydrogen-bond donors (Lipinski definition) is 2. The number of methoxy groups -OCH3 is 1. The Morgan fingerprint density at radius 2 is 2.40 bits per heavy atom. The number of ether oxygens (including phenoxy) is 1. The summed E-state index contributed by atoms with van der Waals surface area (Å²) in [7, 11) is 1.64. The van der Waals surface area contributed by atoms with Gasteiger partial charge in [-0.1, -0.05) is 12.1 Å². The molecule has 0 spiro atoms. The van der Waals surface area contributed by atoms with Crippen LogP contribution < -0.4 is 15.4 Å². The molecule has 2 heterocycles. The van der Waals surface area contributed by atoms with Crippen LogP contribution in [0.2, 0.25) is 0 Å². The second kappa shape index (κ2) is 5.54. The minimum Gasteiger partial charge on any atom is -0.493 e. The lowest BCUT2D eigenvalue weighted by Crippen LogP contribution is -2.45. The van der Waals surface area contributed by atoms with Crippen molar-refractivity contribution >= 4 is 16.9 Å². The monoisotopic (exact) mass is 274 g/mol. The molecule has 1 fully saturated rings. The summed E-state index contributed by atoms with van der Waals surface area (Å²) in [4.78, 5) is 11.1. The first-order valence-electron chi connectivity index (χ1n) is 6.82. The lowest BCUT2D eigenvalue weighted by atomic mass is 10.1. The molecule has 2 aromatic rings. The van der Waals surface area contributed by atoms with Gasteiger partial charge in [-0.2, -0.15) is 0 Å². The van der Waals surface area contributed by atoms with E-state index in [1.54, 1.807) is 7.11 Å². The van der Waals surface area contributed by atoms with Crippen LogP contribution in [0.3, 0.4) is 0 Å². The van der Waals surface area contributed by atoms with E-state index in [2.05, 4.69) is 10.6 Å². The van der Waals surface area contributed by atoms with E-state index in [9.17, 15) is 4.79 Å². The SMILES string of the molecule is COc1cccc2cc(CNC3CCC(=O)NC3)oc12. The zero-order valence-electron chi connectivity index (χ0n) is 11.4. The van der Waals surface area contributed by atoms with Crippen molar-refractivity contribution in [3.63, 3.8) is 0 Å². The molecule has 1 aromatic carbocycles. The second-order valence-corrected chi connectivity index (χ2v) is 5.01. The van der Waals surface area contributed by atoms with Crippen LogP contribution in [-0.4, -0.2) is 25.6 Å². The fraction of sp³-hybridized carbons (Fsp3) is 0.400. The highest BCUT2D eigenvalue weighted by Crippen LogP contribution is 2.28. The second-order valence-electron chi connectivity index (χ2n) is 5.01. The summed E-state index contributed by atoms with van der Waals surface area (Å²) in [6.45, 7) is 1.33. The van der Waals surface area contributed by atoms with Gasteiger partial charge in [0.2, 0.25) is 5.91 Å². The third-order valence-corrected chi connectivity index (χ3v) is 3.61. The molecule has 1 aliphatic heterocycles. The van der Waals surface area contributed by atoms with Crippen molar-refractivity contribution in [1.82, 2.24) is 10.6 Å². The van der Waals surface area contributed by atoms with Crippen LogP contribution in [0.25, 0.3) is 11.0 Å². The zero-order chi connectivity index (χ0) is 13.9. The highest BCUT2D eigenvalue weighted by atomic mass is 16.5. The lowest BCUT2D eigenvalue weighted by molar-refractivity contribution is -0.122. The van der Waals surface area contributed by atoms with Crippen LogP contribution >= 0.6 is 0 Å². The minimum atomic E-state index is 0.136. The van der Waals surface area contributed by atoms with Crippen LogP contribution in [0.4, 0.5) is 0 Å². The number of para-hydroxylation sites is 1. The van der Waals surface area contributed by atoms with E-state index in [0.717, 1.165) is 28.9 Å². The van der Waals surface area contributed by atoms with Gasteiger partial charge in [-0.3, -0.25) is 4.79 Å². The molecular weight excluding hydrogens is 256 g/mol. The standard InChI is InChI=1S/C15H18N2O3/c1-19-13-4-2-3-10-7-12(20-15(10)13)9-16-11-5-6-14(18)17-8-11/h2-4,7,11,16H,5-6,8-9H2,1H3,(H,17,18). The molecule has 1 aliphatic rings. The van der Waals surface area contributed by atoms with Gasteiger partial charge in [-0.05, 0) is 18.6 Å². The van der Waals surface area contributed by atoms with Crippen LogP contribution in [0.5, 0.6) is 5.75 Å². The van der Waals surface area contributed by atoms with Crippen molar-refractivity contribution in [1.29, 1.82) is 0 Å². The Morgan fingerprint density at radius 3 is 3.15 bits per heavy atom. The predicted octanol–water partition coefficient (Wildman–Crippen LogP) is 1.81. The van der Waals surface area contributed by atoms with Gasteiger partial charge in [-0.25, -0.2) is 0 Å². The average molecular weight is 274 g/mol. The minimum absolute atomic E-state index is 0.136. The number of nitrogens with one attached hydrogen (secondary N) is 2. The van der Waals surface area contributed by atoms with Gasteiger partial charge in [0.25, 0.3) is 0 Å². The van der Waals surface area contributed by atoms with Gasteiger partial charge in [0, 0.05) is 24.4 Å².